The lowest BCUT2D eigenvalue weighted by molar-refractivity contribution is 0.0535. The highest BCUT2D eigenvalue weighted by atomic mass is 16.6. The lowest BCUT2D eigenvalue weighted by Crippen LogP contribution is -2.32. The number of pyridine rings is 1. The molecule has 0 aliphatic heterocycles. The average Bonchev–Trinajstić information content (AvgIpc) is 2.33. The third kappa shape index (κ3) is 6.09. The highest BCUT2D eigenvalue weighted by Crippen LogP contribution is 2.06. The summed E-state index contributed by atoms with van der Waals surface area (Å²) in [6.45, 7) is 5.54. The Labute approximate surface area is 112 Å². The zero-order valence-corrected chi connectivity index (χ0v) is 11.2. The number of alkyl carbamates (subject to hydrolysis) is 1. The van der Waals surface area contributed by atoms with Crippen LogP contribution in [0, 0.1) is 23.2 Å². The molecule has 1 aromatic heterocycles. The fourth-order valence-corrected chi connectivity index (χ4v) is 1.15. The first-order valence-corrected chi connectivity index (χ1v) is 5.71. The number of nitrogens with one attached hydrogen (secondary N) is 1. The molecular formula is C14H15N3O2. The van der Waals surface area contributed by atoms with Crippen LogP contribution in [0.25, 0.3) is 0 Å². The van der Waals surface area contributed by atoms with E-state index in [1.54, 1.807) is 33.0 Å². The first-order valence-electron chi connectivity index (χ1n) is 5.71. The van der Waals surface area contributed by atoms with Crippen LogP contribution >= 0.6 is 0 Å². The van der Waals surface area contributed by atoms with Crippen molar-refractivity contribution in [1.82, 2.24) is 10.3 Å². The molecule has 0 saturated carbocycles. The van der Waals surface area contributed by atoms with E-state index in [0.29, 0.717) is 11.1 Å². The lowest BCUT2D eigenvalue weighted by Gasteiger charge is -2.18. The average molecular weight is 257 g/mol. The van der Waals surface area contributed by atoms with E-state index in [1.165, 1.54) is 6.20 Å². The molecule has 0 atom stereocenters. The van der Waals surface area contributed by atoms with Gasteiger partial charge in [-0.1, -0.05) is 11.8 Å². The van der Waals surface area contributed by atoms with Crippen molar-refractivity contribution >= 4 is 6.09 Å². The number of rotatable bonds is 1. The number of ether oxygens (including phenoxy) is 1. The molecule has 5 heteroatoms. The molecule has 1 rings (SSSR count). The third-order valence-corrected chi connectivity index (χ3v) is 1.82. The number of nitrogens with zero attached hydrogens (tertiary/aromatic N) is 2. The van der Waals surface area contributed by atoms with Crippen LogP contribution in [-0.4, -0.2) is 23.2 Å². The third-order valence-electron chi connectivity index (χ3n) is 1.82. The fourth-order valence-electron chi connectivity index (χ4n) is 1.15. The number of aromatic nitrogens is 1. The molecule has 1 N–H and O–H groups in total. The fraction of sp³-hybridized carbons (Fsp3) is 0.357. The van der Waals surface area contributed by atoms with Crippen LogP contribution in [0.5, 0.6) is 0 Å². The summed E-state index contributed by atoms with van der Waals surface area (Å²) in [5, 5.41) is 11.2. The molecule has 0 spiro atoms. The van der Waals surface area contributed by atoms with Crippen LogP contribution in [0.3, 0.4) is 0 Å². The molecule has 1 aromatic rings. The van der Waals surface area contributed by atoms with Crippen LogP contribution in [0.4, 0.5) is 4.79 Å². The predicted octanol–water partition coefficient (Wildman–Crippen LogP) is 1.83. The molecule has 0 saturated heterocycles. The Balaban J connectivity index is 2.48. The van der Waals surface area contributed by atoms with Crippen LogP contribution in [0.15, 0.2) is 18.5 Å². The number of amides is 1. The van der Waals surface area contributed by atoms with Crippen LogP contribution in [0.2, 0.25) is 0 Å². The summed E-state index contributed by atoms with van der Waals surface area (Å²) >= 11 is 0. The lowest BCUT2D eigenvalue weighted by atomic mass is 10.2. The van der Waals surface area contributed by atoms with Crippen LogP contribution in [-0.2, 0) is 4.74 Å². The molecule has 0 unspecified atom stereocenters. The second-order valence-electron chi connectivity index (χ2n) is 4.73. The molecule has 0 aliphatic rings. The van der Waals surface area contributed by atoms with E-state index in [4.69, 9.17) is 10.00 Å². The highest BCUT2D eigenvalue weighted by Gasteiger charge is 2.14. The summed E-state index contributed by atoms with van der Waals surface area (Å²) in [4.78, 5) is 15.2. The SMILES string of the molecule is CC(C)(C)OC(=O)NCC#Cc1cncc(C#N)c1. The minimum atomic E-state index is -0.525. The Bertz CT molecular complexity index is 557. The van der Waals surface area contributed by atoms with Gasteiger partial charge in [-0.2, -0.15) is 5.26 Å². The van der Waals surface area contributed by atoms with Crippen LogP contribution < -0.4 is 5.32 Å². The van der Waals surface area contributed by atoms with Crippen molar-refractivity contribution in [2.75, 3.05) is 6.54 Å². The Morgan fingerprint density at radius 3 is 2.74 bits per heavy atom. The van der Waals surface area contributed by atoms with Gasteiger partial charge in [0.1, 0.15) is 11.7 Å². The number of carbonyl (C=O) groups excluding carboxylic acids is 1. The predicted molar refractivity (Wildman–Crippen MR) is 70.1 cm³/mol. The maximum Gasteiger partial charge on any atom is 0.408 e. The van der Waals surface area contributed by atoms with Crippen molar-refractivity contribution in [2.24, 2.45) is 0 Å². The molecule has 0 bridgehead atoms. The van der Waals surface area contributed by atoms with E-state index < -0.39 is 11.7 Å². The van der Waals surface area contributed by atoms with Gasteiger partial charge in [0.05, 0.1) is 12.1 Å². The molecule has 1 amide bonds. The summed E-state index contributed by atoms with van der Waals surface area (Å²) in [5.41, 5.74) is 0.555. The summed E-state index contributed by atoms with van der Waals surface area (Å²) < 4.78 is 5.05. The Kier molecular flexibility index (Phi) is 4.91. The molecule has 19 heavy (non-hydrogen) atoms. The molecule has 0 fully saturated rings. The first kappa shape index (κ1) is 14.5. The second kappa shape index (κ2) is 6.42. The number of nitriles is 1. The maximum absolute atomic E-state index is 11.3. The van der Waals surface area contributed by atoms with Gasteiger partial charge in [-0.25, -0.2) is 4.79 Å². The van der Waals surface area contributed by atoms with E-state index in [-0.39, 0.29) is 6.54 Å². The molecular weight excluding hydrogens is 242 g/mol. The first-order chi connectivity index (χ1) is 8.90. The second-order valence-corrected chi connectivity index (χ2v) is 4.73. The van der Waals surface area contributed by atoms with Crippen molar-refractivity contribution in [2.45, 2.75) is 26.4 Å². The smallest absolute Gasteiger partial charge is 0.408 e. The number of carbonyl (C=O) groups is 1. The van der Waals surface area contributed by atoms with Gasteiger partial charge in [0.2, 0.25) is 0 Å². The van der Waals surface area contributed by atoms with E-state index in [2.05, 4.69) is 22.1 Å². The topological polar surface area (TPSA) is 75.0 Å². The molecule has 5 nitrogen and oxygen atoms in total. The van der Waals surface area contributed by atoms with Crippen molar-refractivity contribution in [3.8, 4) is 17.9 Å². The monoisotopic (exact) mass is 257 g/mol. The summed E-state index contributed by atoms with van der Waals surface area (Å²) in [5.74, 6) is 5.56. The van der Waals surface area contributed by atoms with Gasteiger partial charge in [0.25, 0.3) is 0 Å². The minimum absolute atomic E-state index is 0.172. The van der Waals surface area contributed by atoms with Gasteiger partial charge in [0, 0.05) is 18.0 Å². The highest BCUT2D eigenvalue weighted by molar-refractivity contribution is 5.68. The van der Waals surface area contributed by atoms with Crippen molar-refractivity contribution in [1.29, 1.82) is 5.26 Å². The molecule has 0 radical (unpaired) electrons. The van der Waals surface area contributed by atoms with E-state index in [9.17, 15) is 4.79 Å². The van der Waals surface area contributed by atoms with Crippen molar-refractivity contribution < 1.29 is 9.53 Å². The number of hydrogen-bond acceptors (Lipinski definition) is 4. The number of hydrogen-bond donors (Lipinski definition) is 1. The van der Waals surface area contributed by atoms with E-state index in [1.807, 2.05) is 6.07 Å². The summed E-state index contributed by atoms with van der Waals surface area (Å²) in [6.07, 6.45) is 2.51. The zero-order valence-electron chi connectivity index (χ0n) is 11.2. The normalized spacial score (nSPS) is 9.79. The van der Waals surface area contributed by atoms with Gasteiger partial charge in [-0.3, -0.25) is 4.98 Å². The van der Waals surface area contributed by atoms with Crippen molar-refractivity contribution in [3.63, 3.8) is 0 Å². The van der Waals surface area contributed by atoms with E-state index in [0.717, 1.165) is 0 Å². The summed E-state index contributed by atoms with van der Waals surface area (Å²) in [6, 6.07) is 3.61. The Morgan fingerprint density at radius 2 is 2.11 bits per heavy atom. The maximum atomic E-state index is 11.3. The minimum Gasteiger partial charge on any atom is -0.444 e. The van der Waals surface area contributed by atoms with Gasteiger partial charge < -0.3 is 10.1 Å². The van der Waals surface area contributed by atoms with Gasteiger partial charge in [-0.05, 0) is 26.8 Å². The quantitative estimate of drug-likeness (QED) is 0.779. The van der Waals surface area contributed by atoms with Gasteiger partial charge in [-0.15, -0.1) is 0 Å². The van der Waals surface area contributed by atoms with E-state index >= 15 is 0 Å². The van der Waals surface area contributed by atoms with Crippen molar-refractivity contribution in [3.05, 3.63) is 29.6 Å². The van der Waals surface area contributed by atoms with Crippen LogP contribution in [0.1, 0.15) is 31.9 Å². The Morgan fingerprint density at radius 1 is 1.42 bits per heavy atom. The molecule has 0 aromatic carbocycles. The molecule has 1 heterocycles. The summed E-state index contributed by atoms with van der Waals surface area (Å²) in [7, 11) is 0. The molecule has 98 valence electrons. The Hall–Kier alpha value is -2.53. The molecule has 0 aliphatic carbocycles. The largest absolute Gasteiger partial charge is 0.444 e. The zero-order chi connectivity index (χ0) is 14.3. The van der Waals surface area contributed by atoms with Gasteiger partial charge >= 0.3 is 6.09 Å². The standard InChI is InChI=1S/C14H15N3O2/c1-14(2,3)19-13(18)17-6-4-5-11-7-12(8-15)10-16-9-11/h7,9-10H,6H2,1-3H3,(H,17,18). The van der Waals surface area contributed by atoms with Gasteiger partial charge in [0.15, 0.2) is 0 Å².